The Morgan fingerprint density at radius 1 is 1.19 bits per heavy atom. The average molecular weight is 378 g/mol. The summed E-state index contributed by atoms with van der Waals surface area (Å²) in [6.45, 7) is 5.97. The van der Waals surface area contributed by atoms with E-state index in [0.717, 1.165) is 5.56 Å². The molecular formula is C20H30N2O5. The van der Waals surface area contributed by atoms with E-state index in [9.17, 15) is 19.5 Å². The zero-order valence-corrected chi connectivity index (χ0v) is 16.4. The second kappa shape index (κ2) is 10.1. The number of carbonyl (C=O) groups excluding carboxylic acids is 2. The van der Waals surface area contributed by atoms with Gasteiger partial charge in [0.15, 0.2) is 0 Å². The molecular weight excluding hydrogens is 348 g/mol. The standard InChI is InChI=1S/C20H30N2O5/c1-20(2,3)11-10-14(18(24)25)16(21)17(23)22-15(19(26)27-4)12-13-8-6-5-7-9-13/h5-9,14-16H,10-12,21H2,1-4H3,(H,22,23)(H,24,25). The van der Waals surface area contributed by atoms with Gasteiger partial charge in [0.1, 0.15) is 6.04 Å². The molecule has 1 aromatic carbocycles. The summed E-state index contributed by atoms with van der Waals surface area (Å²) in [4.78, 5) is 36.1. The fourth-order valence-electron chi connectivity index (χ4n) is 2.68. The molecule has 1 amide bonds. The monoisotopic (exact) mass is 378 g/mol. The number of carbonyl (C=O) groups is 3. The van der Waals surface area contributed by atoms with E-state index >= 15 is 0 Å². The third-order valence-electron chi connectivity index (χ3n) is 4.34. The Morgan fingerprint density at radius 3 is 2.26 bits per heavy atom. The minimum Gasteiger partial charge on any atom is -0.481 e. The van der Waals surface area contributed by atoms with Crippen LogP contribution in [0.3, 0.4) is 0 Å². The van der Waals surface area contributed by atoms with Crippen LogP contribution in [0.25, 0.3) is 0 Å². The van der Waals surface area contributed by atoms with E-state index in [-0.39, 0.29) is 18.3 Å². The van der Waals surface area contributed by atoms with Gasteiger partial charge in [0.05, 0.1) is 19.1 Å². The van der Waals surface area contributed by atoms with Crippen molar-refractivity contribution < 1.29 is 24.2 Å². The van der Waals surface area contributed by atoms with Gasteiger partial charge in [-0.25, -0.2) is 4.79 Å². The lowest BCUT2D eigenvalue weighted by molar-refractivity contribution is -0.147. The first-order valence-electron chi connectivity index (χ1n) is 8.95. The number of carboxylic acids is 1. The van der Waals surface area contributed by atoms with E-state index in [1.54, 1.807) is 0 Å². The van der Waals surface area contributed by atoms with Crippen molar-refractivity contribution in [3.05, 3.63) is 35.9 Å². The Morgan fingerprint density at radius 2 is 1.78 bits per heavy atom. The summed E-state index contributed by atoms with van der Waals surface area (Å²) in [5.41, 5.74) is 6.69. The summed E-state index contributed by atoms with van der Waals surface area (Å²) >= 11 is 0. The lowest BCUT2D eigenvalue weighted by atomic mass is 9.84. The predicted octanol–water partition coefficient (Wildman–Crippen LogP) is 1.74. The summed E-state index contributed by atoms with van der Waals surface area (Å²) in [5.74, 6) is -3.44. The number of nitrogens with two attached hydrogens (primary N) is 1. The SMILES string of the molecule is COC(=O)C(Cc1ccccc1)NC(=O)C(N)C(CCC(C)(C)C)C(=O)O. The van der Waals surface area contributed by atoms with Gasteiger partial charge < -0.3 is 20.9 Å². The third-order valence-corrected chi connectivity index (χ3v) is 4.34. The first kappa shape index (κ1) is 22.6. The highest BCUT2D eigenvalue weighted by atomic mass is 16.5. The molecule has 3 atom stereocenters. The Hall–Kier alpha value is -2.41. The highest BCUT2D eigenvalue weighted by Crippen LogP contribution is 2.25. The second-order valence-corrected chi connectivity index (χ2v) is 7.84. The van der Waals surface area contributed by atoms with Crippen molar-refractivity contribution in [2.24, 2.45) is 17.1 Å². The lowest BCUT2D eigenvalue weighted by Crippen LogP contribution is -2.53. The molecule has 7 nitrogen and oxygen atoms in total. The van der Waals surface area contributed by atoms with Gasteiger partial charge in [-0.1, -0.05) is 51.1 Å². The highest BCUT2D eigenvalue weighted by Gasteiger charge is 2.34. The van der Waals surface area contributed by atoms with Gasteiger partial charge in [0, 0.05) is 6.42 Å². The van der Waals surface area contributed by atoms with Gasteiger partial charge >= 0.3 is 11.9 Å². The first-order valence-corrected chi connectivity index (χ1v) is 8.95. The van der Waals surface area contributed by atoms with Crippen molar-refractivity contribution in [3.8, 4) is 0 Å². The van der Waals surface area contributed by atoms with Crippen molar-refractivity contribution in [2.45, 2.75) is 52.1 Å². The second-order valence-electron chi connectivity index (χ2n) is 7.84. The van der Waals surface area contributed by atoms with Crippen LogP contribution in [0.2, 0.25) is 0 Å². The molecule has 0 aliphatic rings. The van der Waals surface area contributed by atoms with Crippen LogP contribution in [0.15, 0.2) is 30.3 Å². The van der Waals surface area contributed by atoms with Crippen LogP contribution < -0.4 is 11.1 Å². The van der Waals surface area contributed by atoms with E-state index < -0.39 is 35.8 Å². The zero-order chi connectivity index (χ0) is 20.6. The minimum atomic E-state index is -1.26. The molecule has 0 heterocycles. The fourth-order valence-corrected chi connectivity index (χ4v) is 2.68. The maximum atomic E-state index is 12.5. The number of ether oxygens (including phenoxy) is 1. The minimum absolute atomic E-state index is 0.0776. The predicted molar refractivity (Wildman–Crippen MR) is 102 cm³/mol. The summed E-state index contributed by atoms with van der Waals surface area (Å²) in [5, 5.41) is 12.0. The van der Waals surface area contributed by atoms with Crippen LogP contribution in [-0.2, 0) is 25.5 Å². The number of rotatable bonds is 9. The van der Waals surface area contributed by atoms with Gasteiger partial charge in [0.2, 0.25) is 5.91 Å². The Kier molecular flexibility index (Phi) is 8.43. The smallest absolute Gasteiger partial charge is 0.328 e. The topological polar surface area (TPSA) is 119 Å². The highest BCUT2D eigenvalue weighted by molar-refractivity contribution is 5.90. The van der Waals surface area contributed by atoms with E-state index in [4.69, 9.17) is 10.5 Å². The maximum absolute atomic E-state index is 12.5. The summed E-state index contributed by atoms with van der Waals surface area (Å²) < 4.78 is 4.75. The molecule has 0 saturated carbocycles. The molecule has 3 unspecified atom stereocenters. The van der Waals surface area contributed by atoms with Gasteiger partial charge in [-0.3, -0.25) is 9.59 Å². The molecule has 0 aromatic heterocycles. The zero-order valence-electron chi connectivity index (χ0n) is 16.4. The molecule has 0 spiro atoms. The number of hydrogen-bond acceptors (Lipinski definition) is 5. The van der Waals surface area contributed by atoms with Crippen LogP contribution in [0, 0.1) is 11.3 Å². The number of hydrogen-bond donors (Lipinski definition) is 3. The van der Waals surface area contributed by atoms with E-state index in [0.29, 0.717) is 6.42 Å². The maximum Gasteiger partial charge on any atom is 0.328 e. The number of esters is 1. The number of benzene rings is 1. The molecule has 0 radical (unpaired) electrons. The number of amides is 1. The number of methoxy groups -OCH3 is 1. The molecule has 0 aliphatic carbocycles. The molecule has 1 rings (SSSR count). The van der Waals surface area contributed by atoms with Crippen LogP contribution in [0.1, 0.15) is 39.2 Å². The number of aliphatic carboxylic acids is 1. The van der Waals surface area contributed by atoms with Crippen molar-refractivity contribution in [1.29, 1.82) is 0 Å². The first-order chi connectivity index (χ1) is 12.5. The Bertz CT molecular complexity index is 640. The largest absolute Gasteiger partial charge is 0.481 e. The van der Waals surface area contributed by atoms with E-state index in [2.05, 4.69) is 5.32 Å². The number of carboxylic acid groups (broad SMARTS) is 1. The summed E-state index contributed by atoms with van der Waals surface area (Å²) in [7, 11) is 1.23. The van der Waals surface area contributed by atoms with Crippen LogP contribution in [0.5, 0.6) is 0 Å². The van der Waals surface area contributed by atoms with Gasteiger partial charge in [0.25, 0.3) is 0 Å². The third kappa shape index (κ3) is 7.78. The van der Waals surface area contributed by atoms with Gasteiger partial charge in [-0.2, -0.15) is 0 Å². The molecule has 7 heteroatoms. The summed E-state index contributed by atoms with van der Waals surface area (Å²) in [6, 6.07) is 6.95. The van der Waals surface area contributed by atoms with E-state index in [1.165, 1.54) is 7.11 Å². The number of nitrogens with one attached hydrogen (secondary N) is 1. The van der Waals surface area contributed by atoms with Crippen molar-refractivity contribution in [2.75, 3.05) is 7.11 Å². The lowest BCUT2D eigenvalue weighted by Gasteiger charge is -2.25. The van der Waals surface area contributed by atoms with Crippen molar-refractivity contribution in [1.82, 2.24) is 5.32 Å². The normalized spacial score (nSPS) is 14.7. The molecule has 0 bridgehead atoms. The molecule has 0 saturated heterocycles. The summed E-state index contributed by atoms with van der Waals surface area (Å²) in [6.07, 6.45) is 1.11. The quantitative estimate of drug-likeness (QED) is 0.563. The molecule has 0 fully saturated rings. The molecule has 150 valence electrons. The Labute approximate surface area is 160 Å². The van der Waals surface area contributed by atoms with Gasteiger partial charge in [-0.15, -0.1) is 0 Å². The van der Waals surface area contributed by atoms with Crippen LogP contribution >= 0.6 is 0 Å². The molecule has 1 aromatic rings. The van der Waals surface area contributed by atoms with E-state index in [1.807, 2.05) is 51.1 Å². The van der Waals surface area contributed by atoms with Crippen LogP contribution in [0.4, 0.5) is 0 Å². The molecule has 27 heavy (non-hydrogen) atoms. The van der Waals surface area contributed by atoms with Crippen LogP contribution in [-0.4, -0.2) is 42.1 Å². The average Bonchev–Trinajstić information content (AvgIpc) is 2.59. The van der Waals surface area contributed by atoms with Crippen molar-refractivity contribution in [3.63, 3.8) is 0 Å². The molecule has 0 aliphatic heterocycles. The van der Waals surface area contributed by atoms with Crippen molar-refractivity contribution >= 4 is 17.8 Å². The Balaban J connectivity index is 2.85. The molecule has 4 N–H and O–H groups in total. The van der Waals surface area contributed by atoms with Gasteiger partial charge in [-0.05, 0) is 23.8 Å². The fraction of sp³-hybridized carbons (Fsp3) is 0.550.